The second-order valence-electron chi connectivity index (χ2n) is 7.74. The third kappa shape index (κ3) is 2.37. The first kappa shape index (κ1) is 17.3. The summed E-state index contributed by atoms with van der Waals surface area (Å²) >= 11 is 0. The third-order valence-electron chi connectivity index (χ3n) is 6.11. The first-order valence-electron chi connectivity index (χ1n) is 9.83. The van der Waals surface area contributed by atoms with Crippen molar-refractivity contribution in [3.8, 4) is 22.3 Å². The molecular formula is C26H16F3N. The lowest BCUT2D eigenvalue weighted by atomic mass is 9.90. The first-order chi connectivity index (χ1) is 14.5. The molecule has 1 nitrogen and oxygen atoms in total. The maximum absolute atomic E-state index is 14.1. The molecular weight excluding hydrogens is 383 g/mol. The Morgan fingerprint density at radius 1 is 0.667 bits per heavy atom. The van der Waals surface area contributed by atoms with Crippen molar-refractivity contribution in [2.45, 2.75) is 12.6 Å². The largest absolute Gasteiger partial charge is 0.417 e. The van der Waals surface area contributed by atoms with Crippen molar-refractivity contribution in [2.24, 2.45) is 0 Å². The fourth-order valence-corrected chi connectivity index (χ4v) is 4.83. The molecule has 0 saturated heterocycles. The van der Waals surface area contributed by atoms with Gasteiger partial charge in [-0.15, -0.1) is 0 Å². The number of rotatable bonds is 1. The van der Waals surface area contributed by atoms with Crippen LogP contribution in [0, 0.1) is 0 Å². The summed E-state index contributed by atoms with van der Waals surface area (Å²) in [7, 11) is 0. The molecule has 0 aliphatic heterocycles. The van der Waals surface area contributed by atoms with Gasteiger partial charge in [0.1, 0.15) is 0 Å². The van der Waals surface area contributed by atoms with Crippen molar-refractivity contribution >= 4 is 21.8 Å². The fraction of sp³-hybridized carbons (Fsp3) is 0.0769. The predicted octanol–water partition coefficient (Wildman–Crippen LogP) is 7.58. The van der Waals surface area contributed by atoms with Gasteiger partial charge < -0.3 is 4.98 Å². The third-order valence-corrected chi connectivity index (χ3v) is 6.11. The van der Waals surface area contributed by atoms with Gasteiger partial charge in [0, 0.05) is 21.9 Å². The van der Waals surface area contributed by atoms with Crippen LogP contribution in [0.2, 0.25) is 0 Å². The molecule has 0 saturated carbocycles. The van der Waals surface area contributed by atoms with Crippen molar-refractivity contribution < 1.29 is 13.2 Å². The number of H-pyrrole nitrogens is 1. The van der Waals surface area contributed by atoms with E-state index in [0.717, 1.165) is 38.5 Å². The molecule has 0 amide bonds. The number of hydrogen-bond donors (Lipinski definition) is 1. The van der Waals surface area contributed by atoms with Crippen LogP contribution in [0.3, 0.4) is 0 Å². The van der Waals surface area contributed by atoms with E-state index in [2.05, 4.69) is 4.98 Å². The molecule has 0 fully saturated rings. The summed E-state index contributed by atoms with van der Waals surface area (Å²) in [4.78, 5) is 3.27. The lowest BCUT2D eigenvalue weighted by Crippen LogP contribution is -2.08. The quantitative estimate of drug-likeness (QED) is 0.293. The lowest BCUT2D eigenvalue weighted by Gasteiger charge is -2.17. The van der Waals surface area contributed by atoms with E-state index in [1.54, 1.807) is 6.07 Å². The molecule has 0 spiro atoms. The SMILES string of the molecule is FC(F)(F)c1ccc2c([nH]c3ccccc32)c1-c1cccc2c1Cc1ccccc1-2. The van der Waals surface area contributed by atoms with Crippen LogP contribution in [0.15, 0.2) is 78.9 Å². The maximum atomic E-state index is 14.1. The number of aromatic amines is 1. The lowest BCUT2D eigenvalue weighted by molar-refractivity contribution is -0.137. The molecule has 1 N–H and O–H groups in total. The Morgan fingerprint density at radius 2 is 1.40 bits per heavy atom. The number of nitrogens with one attached hydrogen (secondary N) is 1. The number of fused-ring (bicyclic) bond motifs is 6. The van der Waals surface area contributed by atoms with Gasteiger partial charge in [-0.3, -0.25) is 0 Å². The predicted molar refractivity (Wildman–Crippen MR) is 114 cm³/mol. The molecule has 4 heteroatoms. The van der Waals surface area contributed by atoms with Crippen LogP contribution in [0.25, 0.3) is 44.1 Å². The van der Waals surface area contributed by atoms with Gasteiger partial charge in [0.25, 0.3) is 0 Å². The van der Waals surface area contributed by atoms with Gasteiger partial charge in [-0.1, -0.05) is 66.7 Å². The monoisotopic (exact) mass is 399 g/mol. The minimum atomic E-state index is -4.45. The van der Waals surface area contributed by atoms with E-state index in [-0.39, 0.29) is 5.56 Å². The molecule has 4 aromatic carbocycles. The number of halogens is 3. The van der Waals surface area contributed by atoms with Crippen molar-refractivity contribution in [1.82, 2.24) is 4.98 Å². The Bertz CT molecular complexity index is 1460. The van der Waals surface area contributed by atoms with Crippen molar-refractivity contribution in [1.29, 1.82) is 0 Å². The summed E-state index contributed by atoms with van der Waals surface area (Å²) in [5.74, 6) is 0. The smallest absolute Gasteiger partial charge is 0.354 e. The van der Waals surface area contributed by atoms with Crippen LogP contribution in [0.1, 0.15) is 16.7 Å². The molecule has 1 heterocycles. The van der Waals surface area contributed by atoms with Crippen LogP contribution in [-0.4, -0.2) is 4.98 Å². The van der Waals surface area contributed by atoms with Crippen molar-refractivity contribution in [3.63, 3.8) is 0 Å². The Kier molecular flexibility index (Phi) is 3.46. The van der Waals surface area contributed by atoms with E-state index in [1.807, 2.05) is 66.7 Å². The molecule has 5 aromatic rings. The zero-order valence-corrected chi connectivity index (χ0v) is 15.8. The molecule has 0 radical (unpaired) electrons. The highest BCUT2D eigenvalue weighted by molar-refractivity contribution is 6.13. The van der Waals surface area contributed by atoms with E-state index in [0.29, 0.717) is 17.5 Å². The van der Waals surface area contributed by atoms with Crippen LogP contribution in [0.4, 0.5) is 13.2 Å². The van der Waals surface area contributed by atoms with Gasteiger partial charge in [0.15, 0.2) is 0 Å². The maximum Gasteiger partial charge on any atom is 0.417 e. The zero-order chi connectivity index (χ0) is 20.5. The van der Waals surface area contributed by atoms with Crippen LogP contribution < -0.4 is 0 Å². The van der Waals surface area contributed by atoms with E-state index < -0.39 is 11.7 Å². The van der Waals surface area contributed by atoms with E-state index >= 15 is 0 Å². The number of benzene rings is 4. The average Bonchev–Trinajstić information content (AvgIpc) is 3.30. The molecule has 0 unspecified atom stereocenters. The van der Waals surface area contributed by atoms with Crippen LogP contribution in [0.5, 0.6) is 0 Å². The Morgan fingerprint density at radius 3 is 2.27 bits per heavy atom. The minimum absolute atomic E-state index is 0.237. The Labute approximate surface area is 170 Å². The minimum Gasteiger partial charge on any atom is -0.354 e. The molecule has 0 bridgehead atoms. The summed E-state index contributed by atoms with van der Waals surface area (Å²) in [6.07, 6.45) is -3.81. The van der Waals surface area contributed by atoms with Gasteiger partial charge in [-0.25, -0.2) is 0 Å². The zero-order valence-electron chi connectivity index (χ0n) is 15.8. The summed E-state index contributed by atoms with van der Waals surface area (Å²) in [6.45, 7) is 0. The van der Waals surface area contributed by atoms with Gasteiger partial charge in [-0.2, -0.15) is 13.2 Å². The molecule has 0 atom stereocenters. The topological polar surface area (TPSA) is 15.8 Å². The summed E-state index contributed by atoms with van der Waals surface area (Å²) in [5, 5.41) is 1.74. The Balaban J connectivity index is 1.73. The summed E-state index contributed by atoms with van der Waals surface area (Å²) in [5.41, 5.74) is 5.88. The first-order valence-corrected chi connectivity index (χ1v) is 9.83. The highest BCUT2D eigenvalue weighted by atomic mass is 19.4. The second kappa shape index (κ2) is 5.99. The number of alkyl halides is 3. The number of hydrogen-bond acceptors (Lipinski definition) is 0. The standard InChI is InChI=1S/C26H16F3N/c27-26(28,29)22-13-12-20-18-8-3-4-11-23(18)30-25(20)24(22)19-10-5-9-17-16-7-2-1-6-15(16)14-21(17)19/h1-13,30H,14H2. The van der Waals surface area contributed by atoms with E-state index in [9.17, 15) is 13.2 Å². The molecule has 6 rings (SSSR count). The van der Waals surface area contributed by atoms with Crippen molar-refractivity contribution in [2.75, 3.05) is 0 Å². The molecule has 146 valence electrons. The van der Waals surface area contributed by atoms with Gasteiger partial charge in [0.2, 0.25) is 0 Å². The van der Waals surface area contributed by atoms with Crippen LogP contribution >= 0.6 is 0 Å². The summed E-state index contributed by atoms with van der Waals surface area (Å²) < 4.78 is 42.4. The van der Waals surface area contributed by atoms with Gasteiger partial charge >= 0.3 is 6.18 Å². The van der Waals surface area contributed by atoms with Crippen LogP contribution in [-0.2, 0) is 12.6 Å². The fourth-order valence-electron chi connectivity index (χ4n) is 4.83. The molecule has 1 aliphatic rings. The Hall–Kier alpha value is -3.53. The highest BCUT2D eigenvalue weighted by Gasteiger charge is 2.36. The summed E-state index contributed by atoms with van der Waals surface area (Å²) in [6, 6.07) is 24.2. The van der Waals surface area contributed by atoms with Gasteiger partial charge in [-0.05, 0) is 46.4 Å². The normalized spacial score (nSPS) is 13.0. The molecule has 1 aliphatic carbocycles. The molecule has 1 aromatic heterocycles. The highest BCUT2D eigenvalue weighted by Crippen LogP contribution is 2.47. The average molecular weight is 399 g/mol. The van der Waals surface area contributed by atoms with E-state index in [4.69, 9.17) is 0 Å². The van der Waals surface area contributed by atoms with Crippen molar-refractivity contribution in [3.05, 3.63) is 95.6 Å². The van der Waals surface area contributed by atoms with E-state index in [1.165, 1.54) is 6.07 Å². The number of aromatic nitrogens is 1. The number of para-hydroxylation sites is 1. The molecule has 30 heavy (non-hydrogen) atoms. The van der Waals surface area contributed by atoms with Gasteiger partial charge in [0.05, 0.1) is 11.1 Å². The second-order valence-corrected chi connectivity index (χ2v) is 7.74.